The molecule has 0 fully saturated rings. The van der Waals surface area contributed by atoms with Crippen molar-refractivity contribution in [3.63, 3.8) is 0 Å². The molecule has 0 heterocycles. The summed E-state index contributed by atoms with van der Waals surface area (Å²) in [6.45, 7) is 8.46. The highest BCUT2D eigenvalue weighted by Gasteiger charge is 2.13. The number of nitrogens with one attached hydrogen (secondary N) is 1. The fourth-order valence-electron chi connectivity index (χ4n) is 2.33. The molecule has 0 radical (unpaired) electrons. The van der Waals surface area contributed by atoms with E-state index in [-0.39, 0.29) is 5.91 Å². The van der Waals surface area contributed by atoms with Gasteiger partial charge in [-0.25, -0.2) is 0 Å². The predicted octanol–water partition coefficient (Wildman–Crippen LogP) is 4.46. The number of rotatable bonds is 8. The zero-order valence-corrected chi connectivity index (χ0v) is 14.2. The van der Waals surface area contributed by atoms with Crippen molar-refractivity contribution >= 4 is 11.6 Å². The van der Waals surface area contributed by atoms with Crippen LogP contribution >= 0.6 is 0 Å². The Morgan fingerprint density at radius 2 is 1.92 bits per heavy atom. The second kappa shape index (κ2) is 8.77. The molecule has 1 amide bonds. The lowest BCUT2D eigenvalue weighted by Crippen LogP contribution is -2.13. The lowest BCUT2D eigenvalue weighted by Gasteiger charge is -2.13. The zero-order valence-electron chi connectivity index (χ0n) is 14.2. The van der Waals surface area contributed by atoms with Gasteiger partial charge in [-0.15, -0.1) is 0 Å². The van der Waals surface area contributed by atoms with Crippen LogP contribution in [0.3, 0.4) is 0 Å². The van der Waals surface area contributed by atoms with Crippen molar-refractivity contribution in [2.75, 3.05) is 18.5 Å². The minimum Gasteiger partial charge on any atom is -0.490 e. The number of hydrogen-bond acceptors (Lipinski definition) is 3. The summed E-state index contributed by atoms with van der Waals surface area (Å²) in [6.07, 6.45) is 2.52. The molecular weight excluding hydrogens is 302 g/mol. The summed E-state index contributed by atoms with van der Waals surface area (Å²) in [5.74, 6) is 0.977. The molecule has 0 aliphatic heterocycles. The molecule has 1 N–H and O–H groups in total. The second-order valence-corrected chi connectivity index (χ2v) is 5.16. The van der Waals surface area contributed by atoms with Crippen LogP contribution in [0, 0.1) is 0 Å². The van der Waals surface area contributed by atoms with E-state index in [1.165, 1.54) is 0 Å². The Hall–Kier alpha value is -2.75. The van der Waals surface area contributed by atoms with Gasteiger partial charge in [0.05, 0.1) is 6.61 Å². The lowest BCUT2D eigenvalue weighted by atomic mass is 10.1. The summed E-state index contributed by atoms with van der Waals surface area (Å²) in [7, 11) is 0. The van der Waals surface area contributed by atoms with E-state index in [1.54, 1.807) is 24.3 Å². The Balaban J connectivity index is 2.22. The van der Waals surface area contributed by atoms with Crippen LogP contribution in [0.2, 0.25) is 0 Å². The van der Waals surface area contributed by atoms with Gasteiger partial charge < -0.3 is 14.8 Å². The summed E-state index contributed by atoms with van der Waals surface area (Å²) < 4.78 is 11.1. The van der Waals surface area contributed by atoms with Gasteiger partial charge in [0, 0.05) is 11.3 Å². The number of anilines is 1. The molecule has 2 rings (SSSR count). The first-order valence-electron chi connectivity index (χ1n) is 8.09. The lowest BCUT2D eigenvalue weighted by molar-refractivity contribution is 0.102. The number of hydrogen-bond donors (Lipinski definition) is 1. The van der Waals surface area contributed by atoms with Crippen LogP contribution in [0.1, 0.15) is 29.8 Å². The van der Waals surface area contributed by atoms with Gasteiger partial charge in [0.2, 0.25) is 0 Å². The Bertz CT molecular complexity index is 710. The molecule has 0 aliphatic carbocycles. The third kappa shape index (κ3) is 4.38. The number of carbonyl (C=O) groups is 1. The number of aryl methyl sites for hydroxylation is 1. The molecule has 4 nitrogen and oxygen atoms in total. The number of carbonyl (C=O) groups excluding carboxylic acids is 1. The third-order valence-electron chi connectivity index (χ3n) is 3.51. The van der Waals surface area contributed by atoms with Crippen LogP contribution in [-0.2, 0) is 6.42 Å². The fraction of sp³-hybridized carbons (Fsp3) is 0.250. The summed E-state index contributed by atoms with van der Waals surface area (Å²) in [6, 6.07) is 13.0. The Kier molecular flexibility index (Phi) is 6.43. The Morgan fingerprint density at radius 3 is 2.62 bits per heavy atom. The monoisotopic (exact) mass is 325 g/mol. The molecule has 0 saturated carbocycles. The van der Waals surface area contributed by atoms with Crippen LogP contribution in [0.5, 0.6) is 11.5 Å². The zero-order chi connectivity index (χ0) is 17.4. The quantitative estimate of drug-likeness (QED) is 0.729. The van der Waals surface area contributed by atoms with Crippen molar-refractivity contribution in [3.05, 3.63) is 66.2 Å². The fourth-order valence-corrected chi connectivity index (χ4v) is 2.33. The number of benzene rings is 2. The van der Waals surface area contributed by atoms with Crippen molar-refractivity contribution in [2.24, 2.45) is 0 Å². The van der Waals surface area contributed by atoms with Crippen LogP contribution < -0.4 is 14.8 Å². The maximum absolute atomic E-state index is 12.5. The van der Waals surface area contributed by atoms with Gasteiger partial charge in [-0.2, -0.15) is 0 Å². The molecule has 0 atom stereocenters. The maximum Gasteiger partial charge on any atom is 0.255 e. The SMILES string of the molecule is C=CCOc1ccc(C(=O)Nc2ccccc2CC)cc1OCC. The van der Waals surface area contributed by atoms with E-state index in [0.717, 1.165) is 17.7 Å². The summed E-state index contributed by atoms with van der Waals surface area (Å²) in [5, 5.41) is 2.96. The second-order valence-electron chi connectivity index (χ2n) is 5.16. The van der Waals surface area contributed by atoms with Crippen molar-refractivity contribution in [2.45, 2.75) is 20.3 Å². The Labute approximate surface area is 143 Å². The van der Waals surface area contributed by atoms with Gasteiger partial charge in [0.25, 0.3) is 5.91 Å². The van der Waals surface area contributed by atoms with E-state index in [4.69, 9.17) is 9.47 Å². The minimum atomic E-state index is -0.174. The highest BCUT2D eigenvalue weighted by atomic mass is 16.5. The van der Waals surface area contributed by atoms with Gasteiger partial charge in [0.15, 0.2) is 11.5 Å². The standard InChI is InChI=1S/C20H23NO3/c1-4-13-24-18-12-11-16(14-19(18)23-6-3)20(22)21-17-10-8-7-9-15(17)5-2/h4,7-12,14H,1,5-6,13H2,2-3H3,(H,21,22). The number of ether oxygens (including phenoxy) is 2. The molecule has 2 aromatic carbocycles. The summed E-state index contributed by atoms with van der Waals surface area (Å²) >= 11 is 0. The summed E-state index contributed by atoms with van der Waals surface area (Å²) in [5.41, 5.74) is 2.45. The summed E-state index contributed by atoms with van der Waals surface area (Å²) in [4.78, 5) is 12.5. The van der Waals surface area contributed by atoms with Crippen molar-refractivity contribution < 1.29 is 14.3 Å². The normalized spacial score (nSPS) is 10.1. The average Bonchev–Trinajstić information content (AvgIpc) is 2.61. The van der Waals surface area contributed by atoms with Crippen molar-refractivity contribution in [3.8, 4) is 11.5 Å². The molecule has 0 bridgehead atoms. The highest BCUT2D eigenvalue weighted by molar-refractivity contribution is 6.05. The van der Waals surface area contributed by atoms with E-state index in [1.807, 2.05) is 31.2 Å². The average molecular weight is 325 g/mol. The molecular formula is C20H23NO3. The largest absolute Gasteiger partial charge is 0.490 e. The third-order valence-corrected chi connectivity index (χ3v) is 3.51. The van der Waals surface area contributed by atoms with E-state index in [2.05, 4.69) is 18.8 Å². The molecule has 0 spiro atoms. The van der Waals surface area contributed by atoms with Gasteiger partial charge in [-0.1, -0.05) is 37.8 Å². The molecule has 0 unspecified atom stereocenters. The molecule has 0 saturated heterocycles. The van der Waals surface area contributed by atoms with E-state index < -0.39 is 0 Å². The highest BCUT2D eigenvalue weighted by Crippen LogP contribution is 2.29. The maximum atomic E-state index is 12.5. The molecule has 126 valence electrons. The van der Waals surface area contributed by atoms with Crippen molar-refractivity contribution in [1.29, 1.82) is 0 Å². The first kappa shape index (κ1) is 17.6. The minimum absolute atomic E-state index is 0.174. The van der Waals surface area contributed by atoms with Gasteiger partial charge in [-0.05, 0) is 43.2 Å². The topological polar surface area (TPSA) is 47.6 Å². The predicted molar refractivity (Wildman–Crippen MR) is 97.1 cm³/mol. The number of para-hydroxylation sites is 1. The van der Waals surface area contributed by atoms with E-state index >= 15 is 0 Å². The molecule has 4 heteroatoms. The van der Waals surface area contributed by atoms with E-state index in [0.29, 0.717) is 30.3 Å². The first-order valence-corrected chi connectivity index (χ1v) is 8.09. The van der Waals surface area contributed by atoms with Crippen LogP contribution in [0.4, 0.5) is 5.69 Å². The van der Waals surface area contributed by atoms with Gasteiger partial charge in [0.1, 0.15) is 6.61 Å². The molecule has 0 aliphatic rings. The molecule has 2 aromatic rings. The molecule has 24 heavy (non-hydrogen) atoms. The smallest absolute Gasteiger partial charge is 0.255 e. The first-order chi connectivity index (χ1) is 11.7. The van der Waals surface area contributed by atoms with Crippen LogP contribution in [0.15, 0.2) is 55.1 Å². The van der Waals surface area contributed by atoms with E-state index in [9.17, 15) is 4.79 Å². The van der Waals surface area contributed by atoms with Crippen LogP contribution in [0.25, 0.3) is 0 Å². The number of amides is 1. The Morgan fingerprint density at radius 1 is 1.12 bits per heavy atom. The van der Waals surface area contributed by atoms with Crippen molar-refractivity contribution in [1.82, 2.24) is 0 Å². The molecule has 0 aromatic heterocycles. The van der Waals surface area contributed by atoms with Crippen LogP contribution in [-0.4, -0.2) is 19.1 Å². The van der Waals surface area contributed by atoms with Gasteiger partial charge in [-0.3, -0.25) is 4.79 Å². The van der Waals surface area contributed by atoms with Gasteiger partial charge >= 0.3 is 0 Å².